The maximum atomic E-state index is 11.9. The highest BCUT2D eigenvalue weighted by molar-refractivity contribution is 9.10. The van der Waals surface area contributed by atoms with Crippen molar-refractivity contribution in [1.82, 2.24) is 4.98 Å². The summed E-state index contributed by atoms with van der Waals surface area (Å²) in [4.78, 5) is 26.8. The molecule has 2 aromatic rings. The number of carbonyl (C=O) groups is 2. The second kappa shape index (κ2) is 5.70. The predicted molar refractivity (Wildman–Crippen MR) is 77.7 cm³/mol. The van der Waals surface area contributed by atoms with Crippen LogP contribution in [0.25, 0.3) is 0 Å². The van der Waals surface area contributed by atoms with Crippen molar-refractivity contribution in [1.29, 1.82) is 0 Å². The van der Waals surface area contributed by atoms with E-state index >= 15 is 0 Å². The molecule has 102 valence electrons. The number of nitrogens with one attached hydrogen (secondary N) is 1. The first kappa shape index (κ1) is 14.0. The van der Waals surface area contributed by atoms with E-state index in [1.54, 1.807) is 18.2 Å². The second-order valence-electron chi connectivity index (χ2n) is 3.93. The van der Waals surface area contributed by atoms with Gasteiger partial charge >= 0.3 is 5.97 Å². The van der Waals surface area contributed by atoms with Crippen LogP contribution in [0.15, 0.2) is 41.0 Å². The van der Waals surface area contributed by atoms with Crippen molar-refractivity contribution in [2.24, 2.45) is 0 Å². The number of halogens is 1. The molecule has 0 saturated heterocycles. The number of nitrogen functional groups attached to an aromatic ring is 1. The molecule has 0 radical (unpaired) electrons. The van der Waals surface area contributed by atoms with E-state index in [1.165, 1.54) is 18.3 Å². The molecule has 1 heterocycles. The van der Waals surface area contributed by atoms with E-state index in [0.29, 0.717) is 15.8 Å². The molecule has 6 nitrogen and oxygen atoms in total. The Hall–Kier alpha value is -2.41. The van der Waals surface area contributed by atoms with Gasteiger partial charge in [-0.1, -0.05) is 0 Å². The van der Waals surface area contributed by atoms with Crippen LogP contribution in [0.2, 0.25) is 0 Å². The molecular formula is C13H10BrN3O3. The topological polar surface area (TPSA) is 105 Å². The minimum atomic E-state index is -1.08. The smallest absolute Gasteiger partial charge is 0.336 e. The Kier molecular flexibility index (Phi) is 3.99. The molecule has 0 bridgehead atoms. The van der Waals surface area contributed by atoms with Crippen LogP contribution in [0.1, 0.15) is 20.8 Å². The molecule has 2 rings (SSSR count). The number of pyridine rings is 1. The highest BCUT2D eigenvalue weighted by atomic mass is 79.9. The van der Waals surface area contributed by atoms with E-state index in [4.69, 9.17) is 10.8 Å². The van der Waals surface area contributed by atoms with Crippen LogP contribution in [0.3, 0.4) is 0 Å². The number of nitrogens with two attached hydrogens (primary N) is 1. The lowest BCUT2D eigenvalue weighted by Crippen LogP contribution is -2.14. The van der Waals surface area contributed by atoms with E-state index < -0.39 is 11.9 Å². The third-order valence-corrected chi connectivity index (χ3v) is 3.17. The summed E-state index contributed by atoms with van der Waals surface area (Å²) in [6.45, 7) is 0. The molecule has 7 heteroatoms. The van der Waals surface area contributed by atoms with E-state index in [2.05, 4.69) is 26.2 Å². The molecule has 4 N–H and O–H groups in total. The van der Waals surface area contributed by atoms with Gasteiger partial charge in [0.2, 0.25) is 0 Å². The summed E-state index contributed by atoms with van der Waals surface area (Å²) < 4.78 is 0.439. The third-order valence-electron chi connectivity index (χ3n) is 2.47. The average Bonchev–Trinajstić information content (AvgIpc) is 2.41. The molecule has 20 heavy (non-hydrogen) atoms. The molecule has 1 aromatic carbocycles. The van der Waals surface area contributed by atoms with Gasteiger partial charge < -0.3 is 16.2 Å². The van der Waals surface area contributed by atoms with Crippen molar-refractivity contribution in [3.05, 3.63) is 52.3 Å². The van der Waals surface area contributed by atoms with Crippen LogP contribution < -0.4 is 11.1 Å². The number of hydrogen-bond donors (Lipinski definition) is 3. The molecular weight excluding hydrogens is 326 g/mol. The van der Waals surface area contributed by atoms with Crippen molar-refractivity contribution in [2.75, 3.05) is 11.1 Å². The van der Waals surface area contributed by atoms with Crippen LogP contribution in [0.4, 0.5) is 11.4 Å². The van der Waals surface area contributed by atoms with Crippen LogP contribution in [0.5, 0.6) is 0 Å². The number of nitrogens with zero attached hydrogens (tertiary/aromatic N) is 1. The van der Waals surface area contributed by atoms with E-state index in [9.17, 15) is 9.59 Å². The summed E-state index contributed by atoms with van der Waals surface area (Å²) in [5.74, 6) is -1.53. The van der Waals surface area contributed by atoms with Crippen molar-refractivity contribution in [2.45, 2.75) is 0 Å². The molecule has 0 fully saturated rings. The van der Waals surface area contributed by atoms with Crippen LogP contribution >= 0.6 is 15.9 Å². The summed E-state index contributed by atoms with van der Waals surface area (Å²) in [6, 6.07) is 7.55. The number of carboxylic acid groups (broad SMARTS) is 1. The maximum Gasteiger partial charge on any atom is 0.336 e. The lowest BCUT2D eigenvalue weighted by Gasteiger charge is -2.07. The molecule has 0 aliphatic carbocycles. The van der Waals surface area contributed by atoms with Crippen LogP contribution in [0, 0.1) is 0 Å². The summed E-state index contributed by atoms with van der Waals surface area (Å²) in [7, 11) is 0. The molecule has 0 saturated carbocycles. The Morgan fingerprint density at radius 3 is 2.60 bits per heavy atom. The van der Waals surface area contributed by atoms with Gasteiger partial charge in [0.05, 0.1) is 17.4 Å². The van der Waals surface area contributed by atoms with Gasteiger partial charge in [0.1, 0.15) is 5.69 Å². The van der Waals surface area contributed by atoms with Crippen molar-refractivity contribution in [3.8, 4) is 0 Å². The second-order valence-corrected chi connectivity index (χ2v) is 4.79. The number of amides is 1. The van der Waals surface area contributed by atoms with Crippen LogP contribution in [-0.2, 0) is 0 Å². The lowest BCUT2D eigenvalue weighted by molar-refractivity contribution is 0.0695. The van der Waals surface area contributed by atoms with E-state index in [-0.39, 0.29) is 11.3 Å². The fourth-order valence-electron chi connectivity index (χ4n) is 1.50. The van der Waals surface area contributed by atoms with E-state index in [0.717, 1.165) is 0 Å². The monoisotopic (exact) mass is 335 g/mol. The largest absolute Gasteiger partial charge is 0.478 e. The Morgan fingerprint density at radius 2 is 2.00 bits per heavy atom. The van der Waals surface area contributed by atoms with Gasteiger partial charge in [-0.3, -0.25) is 4.79 Å². The predicted octanol–water partition coefficient (Wildman–Crippen LogP) is 2.38. The maximum absolute atomic E-state index is 11.9. The first-order chi connectivity index (χ1) is 9.47. The summed E-state index contributed by atoms with van der Waals surface area (Å²) in [6.07, 6.45) is 1.37. The zero-order valence-corrected chi connectivity index (χ0v) is 11.7. The first-order valence-electron chi connectivity index (χ1n) is 5.53. The summed E-state index contributed by atoms with van der Waals surface area (Å²) in [5.41, 5.74) is 6.57. The molecule has 0 aliphatic heterocycles. The first-order valence-corrected chi connectivity index (χ1v) is 6.32. The number of rotatable bonds is 3. The van der Waals surface area contributed by atoms with Gasteiger partial charge in [0.15, 0.2) is 0 Å². The zero-order valence-electron chi connectivity index (χ0n) is 10.1. The third kappa shape index (κ3) is 3.12. The van der Waals surface area contributed by atoms with Crippen LogP contribution in [-0.4, -0.2) is 22.0 Å². The summed E-state index contributed by atoms with van der Waals surface area (Å²) >= 11 is 3.13. The summed E-state index contributed by atoms with van der Waals surface area (Å²) in [5, 5.41) is 11.6. The molecule has 1 aromatic heterocycles. The number of carbonyl (C=O) groups excluding carboxylic acids is 1. The Labute approximate surface area is 122 Å². The number of hydrogen-bond acceptors (Lipinski definition) is 4. The van der Waals surface area contributed by atoms with E-state index in [1.807, 2.05) is 0 Å². The van der Waals surface area contributed by atoms with Crippen molar-refractivity contribution >= 4 is 39.2 Å². The standard InChI is InChI=1S/C13H10BrN3O3/c14-10-3-2-8(5-9(10)13(19)20)17-12(18)11-4-1-7(15)6-16-11/h1-6H,15H2,(H,17,18)(H,19,20). The Bertz CT molecular complexity index is 671. The number of aromatic carboxylic acids is 1. The Balaban J connectivity index is 2.21. The van der Waals surface area contributed by atoms with Gasteiger partial charge in [-0.15, -0.1) is 0 Å². The Morgan fingerprint density at radius 1 is 1.25 bits per heavy atom. The molecule has 0 atom stereocenters. The SMILES string of the molecule is Nc1ccc(C(=O)Nc2ccc(Br)c(C(=O)O)c2)nc1. The van der Waals surface area contributed by atoms with Crippen molar-refractivity contribution < 1.29 is 14.7 Å². The fourth-order valence-corrected chi connectivity index (χ4v) is 1.92. The normalized spacial score (nSPS) is 10.1. The molecule has 0 spiro atoms. The molecule has 0 aliphatic rings. The number of carboxylic acids is 1. The molecule has 0 unspecified atom stereocenters. The van der Waals surface area contributed by atoms with Gasteiger partial charge in [0.25, 0.3) is 5.91 Å². The minimum absolute atomic E-state index is 0.0630. The number of anilines is 2. The highest BCUT2D eigenvalue weighted by Crippen LogP contribution is 2.21. The van der Waals surface area contributed by atoms with Crippen molar-refractivity contribution in [3.63, 3.8) is 0 Å². The minimum Gasteiger partial charge on any atom is -0.478 e. The average molecular weight is 336 g/mol. The fraction of sp³-hybridized carbons (Fsp3) is 0. The molecule has 1 amide bonds. The highest BCUT2D eigenvalue weighted by Gasteiger charge is 2.12. The number of benzene rings is 1. The van der Waals surface area contributed by atoms with Gasteiger partial charge in [-0.25, -0.2) is 9.78 Å². The van der Waals surface area contributed by atoms with Gasteiger partial charge in [-0.2, -0.15) is 0 Å². The quantitative estimate of drug-likeness (QED) is 0.798. The number of aromatic nitrogens is 1. The van der Waals surface area contributed by atoms with Gasteiger partial charge in [0, 0.05) is 10.2 Å². The lowest BCUT2D eigenvalue weighted by atomic mass is 10.2. The van der Waals surface area contributed by atoms with Gasteiger partial charge in [-0.05, 0) is 46.3 Å². The zero-order chi connectivity index (χ0) is 14.7.